The Morgan fingerprint density at radius 1 is 0.947 bits per heavy atom. The van der Waals surface area contributed by atoms with Gasteiger partial charge in [0.1, 0.15) is 11.1 Å². The highest BCUT2D eigenvalue weighted by Crippen LogP contribution is 2.44. The van der Waals surface area contributed by atoms with E-state index in [2.05, 4.69) is 68.4 Å². The molecule has 1 amide bonds. The highest BCUT2D eigenvalue weighted by Gasteiger charge is 2.44. The summed E-state index contributed by atoms with van der Waals surface area (Å²) in [6.07, 6.45) is 7.75. The lowest BCUT2D eigenvalue weighted by Crippen LogP contribution is -2.49. The summed E-state index contributed by atoms with van der Waals surface area (Å²) in [5.41, 5.74) is 3.20. The third-order valence-electron chi connectivity index (χ3n) is 9.19. The number of carbonyl (C=O) groups excluding carboxylic acids is 1. The zero-order valence-electron chi connectivity index (χ0n) is 23.1. The number of hydrogen-bond donors (Lipinski definition) is 0. The van der Waals surface area contributed by atoms with Crippen LogP contribution in [0.3, 0.4) is 0 Å². The average molecular weight is 516 g/mol. The van der Waals surface area contributed by atoms with Crippen LogP contribution < -0.4 is 0 Å². The molecule has 0 N–H and O–H groups in total. The smallest absolute Gasteiger partial charge is 0.410 e. The molecule has 3 aromatic rings. The number of hydrogen-bond acceptors (Lipinski definition) is 5. The SMILES string of the molecule is CC(C)(C)OC(=O)N1CCC(CCN2[C@@H]3CC[C@H]2CC(n2nnc4ccccc42)C3)(c2ccccc2)CC1. The van der Waals surface area contributed by atoms with Gasteiger partial charge in [-0.05, 0) is 95.4 Å². The largest absolute Gasteiger partial charge is 0.444 e. The van der Waals surface area contributed by atoms with E-state index in [9.17, 15) is 4.79 Å². The van der Waals surface area contributed by atoms with Gasteiger partial charge in [-0.3, -0.25) is 4.90 Å². The maximum Gasteiger partial charge on any atom is 0.410 e. The van der Waals surface area contributed by atoms with E-state index >= 15 is 0 Å². The molecule has 202 valence electrons. The molecule has 3 saturated heterocycles. The molecule has 6 rings (SSSR count). The summed E-state index contributed by atoms with van der Waals surface area (Å²) in [6, 6.07) is 21.0. The van der Waals surface area contributed by atoms with Crippen LogP contribution in [-0.4, -0.2) is 68.2 Å². The van der Waals surface area contributed by atoms with E-state index in [0.29, 0.717) is 18.1 Å². The topological polar surface area (TPSA) is 63.5 Å². The van der Waals surface area contributed by atoms with Gasteiger partial charge in [-0.25, -0.2) is 9.48 Å². The van der Waals surface area contributed by atoms with Crippen molar-refractivity contribution in [1.29, 1.82) is 0 Å². The molecule has 4 heterocycles. The quantitative estimate of drug-likeness (QED) is 0.420. The molecule has 3 atom stereocenters. The third-order valence-corrected chi connectivity index (χ3v) is 9.19. The second-order valence-corrected chi connectivity index (χ2v) is 12.6. The summed E-state index contributed by atoms with van der Waals surface area (Å²) in [6.45, 7) is 8.42. The normalized spacial score (nSPS) is 25.6. The minimum absolute atomic E-state index is 0.0954. The summed E-state index contributed by atoms with van der Waals surface area (Å²) >= 11 is 0. The molecule has 3 fully saturated rings. The van der Waals surface area contributed by atoms with Crippen LogP contribution in [0.5, 0.6) is 0 Å². The van der Waals surface area contributed by atoms with Gasteiger partial charge in [0.25, 0.3) is 0 Å². The van der Waals surface area contributed by atoms with E-state index in [-0.39, 0.29) is 11.5 Å². The van der Waals surface area contributed by atoms with Crippen LogP contribution in [0.1, 0.15) is 77.3 Å². The molecule has 1 aromatic heterocycles. The Morgan fingerprint density at radius 2 is 1.61 bits per heavy atom. The summed E-state index contributed by atoms with van der Waals surface area (Å²) < 4.78 is 7.87. The third kappa shape index (κ3) is 4.93. The molecule has 7 nitrogen and oxygen atoms in total. The van der Waals surface area contributed by atoms with E-state index in [1.807, 2.05) is 31.7 Å². The Kier molecular flexibility index (Phi) is 6.67. The fourth-order valence-corrected chi connectivity index (χ4v) is 7.23. The van der Waals surface area contributed by atoms with Crippen LogP contribution in [0.2, 0.25) is 0 Å². The van der Waals surface area contributed by atoms with Crippen molar-refractivity contribution in [2.45, 2.75) is 94.9 Å². The van der Waals surface area contributed by atoms with E-state index in [1.54, 1.807) is 0 Å². The molecule has 0 spiro atoms. The van der Waals surface area contributed by atoms with Crippen LogP contribution in [0.4, 0.5) is 4.79 Å². The number of ether oxygens (including phenoxy) is 1. The lowest BCUT2D eigenvalue weighted by Gasteiger charge is -2.45. The molecule has 38 heavy (non-hydrogen) atoms. The predicted octanol–water partition coefficient (Wildman–Crippen LogP) is 5.96. The lowest BCUT2D eigenvalue weighted by atomic mass is 9.70. The van der Waals surface area contributed by atoms with Gasteiger partial charge in [-0.1, -0.05) is 47.7 Å². The predicted molar refractivity (Wildman–Crippen MR) is 149 cm³/mol. The lowest BCUT2D eigenvalue weighted by molar-refractivity contribution is 0.0143. The first-order valence-electron chi connectivity index (χ1n) is 14.4. The molecule has 7 heteroatoms. The first kappa shape index (κ1) is 25.4. The van der Waals surface area contributed by atoms with E-state index in [4.69, 9.17) is 4.74 Å². The Labute approximate surface area is 226 Å². The molecule has 0 radical (unpaired) electrons. The summed E-state index contributed by atoms with van der Waals surface area (Å²) in [5, 5.41) is 8.98. The number of aromatic nitrogens is 3. The van der Waals surface area contributed by atoms with E-state index in [1.165, 1.54) is 18.4 Å². The monoisotopic (exact) mass is 515 g/mol. The summed E-state index contributed by atoms with van der Waals surface area (Å²) in [5.74, 6) is 0. The highest BCUT2D eigenvalue weighted by atomic mass is 16.6. The maximum atomic E-state index is 12.8. The number of fused-ring (bicyclic) bond motifs is 3. The fourth-order valence-electron chi connectivity index (χ4n) is 7.23. The number of piperidine rings is 2. The standard InChI is InChI=1S/C31H41N5O2/c1-30(2,3)38-29(37)34-18-15-31(16-19-34,23-9-5-4-6-10-23)17-20-35-24-13-14-25(35)22-26(21-24)36-28-12-8-7-11-27(28)32-33-36/h4-12,24-26H,13-22H2,1-3H3/t24-,25+,26?. The summed E-state index contributed by atoms with van der Waals surface area (Å²) in [7, 11) is 0. The van der Waals surface area contributed by atoms with Gasteiger partial charge in [0.15, 0.2) is 0 Å². The highest BCUT2D eigenvalue weighted by molar-refractivity contribution is 5.74. The molecule has 1 unspecified atom stereocenters. The maximum absolute atomic E-state index is 12.8. The van der Waals surface area contributed by atoms with Crippen molar-refractivity contribution < 1.29 is 9.53 Å². The fraction of sp³-hybridized carbons (Fsp3) is 0.581. The molecular formula is C31H41N5O2. The minimum atomic E-state index is -0.463. The van der Waals surface area contributed by atoms with E-state index in [0.717, 1.165) is 62.8 Å². The number of amides is 1. The first-order valence-corrected chi connectivity index (χ1v) is 14.4. The summed E-state index contributed by atoms with van der Waals surface area (Å²) in [4.78, 5) is 17.5. The van der Waals surface area contributed by atoms with Crippen LogP contribution in [0.25, 0.3) is 11.0 Å². The molecule has 3 aliphatic heterocycles. The van der Waals surface area contributed by atoms with Gasteiger partial charge in [-0.15, -0.1) is 5.10 Å². The number of carbonyl (C=O) groups is 1. The Bertz CT molecular complexity index is 1240. The van der Waals surface area contributed by atoms with Crippen molar-refractivity contribution in [3.63, 3.8) is 0 Å². The van der Waals surface area contributed by atoms with Gasteiger partial charge >= 0.3 is 6.09 Å². The molecule has 2 bridgehead atoms. The number of likely N-dealkylation sites (tertiary alicyclic amines) is 1. The molecule has 0 aliphatic carbocycles. The van der Waals surface area contributed by atoms with Crippen molar-refractivity contribution in [3.05, 3.63) is 60.2 Å². The molecule has 2 aromatic carbocycles. The molecule has 3 aliphatic rings. The zero-order chi connectivity index (χ0) is 26.3. The molecule has 0 saturated carbocycles. The van der Waals surface area contributed by atoms with Crippen LogP contribution in [0, 0.1) is 0 Å². The van der Waals surface area contributed by atoms with Crippen molar-refractivity contribution in [2.75, 3.05) is 19.6 Å². The van der Waals surface area contributed by atoms with Crippen molar-refractivity contribution in [3.8, 4) is 0 Å². The van der Waals surface area contributed by atoms with Crippen LogP contribution in [0.15, 0.2) is 54.6 Å². The van der Waals surface area contributed by atoms with Crippen molar-refractivity contribution in [1.82, 2.24) is 24.8 Å². The van der Waals surface area contributed by atoms with Gasteiger partial charge < -0.3 is 9.64 Å². The van der Waals surface area contributed by atoms with Crippen molar-refractivity contribution in [2.24, 2.45) is 0 Å². The second kappa shape index (κ2) is 9.99. The number of nitrogens with zero attached hydrogens (tertiary/aromatic N) is 5. The van der Waals surface area contributed by atoms with Crippen molar-refractivity contribution >= 4 is 17.1 Å². The first-order chi connectivity index (χ1) is 18.3. The average Bonchev–Trinajstić information content (AvgIpc) is 3.44. The second-order valence-electron chi connectivity index (χ2n) is 12.6. The van der Waals surface area contributed by atoms with Crippen LogP contribution >= 0.6 is 0 Å². The van der Waals surface area contributed by atoms with Gasteiger partial charge in [0.2, 0.25) is 0 Å². The Balaban J connectivity index is 1.14. The van der Waals surface area contributed by atoms with E-state index < -0.39 is 5.60 Å². The Morgan fingerprint density at radius 3 is 2.29 bits per heavy atom. The molecular weight excluding hydrogens is 474 g/mol. The Hall–Kier alpha value is -2.93. The van der Waals surface area contributed by atoms with Gasteiger partial charge in [0, 0.05) is 25.2 Å². The number of rotatable bonds is 5. The number of para-hydroxylation sites is 1. The minimum Gasteiger partial charge on any atom is -0.444 e. The van der Waals surface area contributed by atoms with Gasteiger partial charge in [0.05, 0.1) is 11.6 Å². The van der Waals surface area contributed by atoms with Gasteiger partial charge in [-0.2, -0.15) is 0 Å². The zero-order valence-corrected chi connectivity index (χ0v) is 23.1. The van der Waals surface area contributed by atoms with Crippen LogP contribution in [-0.2, 0) is 10.2 Å². The number of benzene rings is 2.